The summed E-state index contributed by atoms with van der Waals surface area (Å²) in [4.78, 5) is 0. The maximum atomic E-state index is 6.22. The third-order valence-electron chi connectivity index (χ3n) is 2.84. The maximum Gasteiger partial charge on any atom is 0.0464 e. The monoisotopic (exact) mass is 317 g/mol. The summed E-state index contributed by atoms with van der Waals surface area (Å²) in [5.74, 6) is 0.781. The van der Waals surface area contributed by atoms with E-state index in [4.69, 9.17) is 11.6 Å². The first-order valence-corrected chi connectivity index (χ1v) is 7.36. The number of nitrogens with one attached hydrogen (secondary N) is 1. The highest BCUT2D eigenvalue weighted by Crippen LogP contribution is 2.26. The lowest BCUT2D eigenvalue weighted by Gasteiger charge is -2.16. The second kappa shape index (κ2) is 7.40. The van der Waals surface area contributed by atoms with Gasteiger partial charge in [-0.3, -0.25) is 0 Å². The standard InChI is InChI=1S/C14H21BrClN/c1-10(2)5-4-8-17-11(3)13-7-6-12(15)9-14(13)16/h6-7,9-11,17H,4-5,8H2,1-3H3. The average Bonchev–Trinajstić information content (AvgIpc) is 2.23. The van der Waals surface area contributed by atoms with Crippen LogP contribution in [0.1, 0.15) is 45.2 Å². The number of rotatable bonds is 6. The number of halogens is 2. The molecule has 1 nitrogen and oxygen atoms in total. The van der Waals surface area contributed by atoms with Crippen molar-refractivity contribution in [3.8, 4) is 0 Å². The lowest BCUT2D eigenvalue weighted by atomic mass is 10.1. The fraction of sp³-hybridized carbons (Fsp3) is 0.571. The van der Waals surface area contributed by atoms with Gasteiger partial charge in [-0.1, -0.05) is 47.4 Å². The smallest absolute Gasteiger partial charge is 0.0464 e. The zero-order valence-corrected chi connectivity index (χ0v) is 13.1. The largest absolute Gasteiger partial charge is 0.310 e. The van der Waals surface area contributed by atoms with Crippen molar-refractivity contribution in [3.05, 3.63) is 33.3 Å². The molecule has 1 N–H and O–H groups in total. The van der Waals surface area contributed by atoms with Crippen molar-refractivity contribution >= 4 is 27.5 Å². The van der Waals surface area contributed by atoms with E-state index >= 15 is 0 Å². The maximum absolute atomic E-state index is 6.22. The van der Waals surface area contributed by atoms with Gasteiger partial charge in [-0.05, 0) is 49.9 Å². The van der Waals surface area contributed by atoms with Crippen LogP contribution in [0.5, 0.6) is 0 Å². The molecule has 0 aliphatic carbocycles. The number of hydrogen-bond acceptors (Lipinski definition) is 1. The molecule has 0 bridgehead atoms. The molecule has 1 aromatic rings. The Labute approximate surface area is 118 Å². The van der Waals surface area contributed by atoms with Gasteiger partial charge in [0.2, 0.25) is 0 Å². The molecule has 0 saturated heterocycles. The predicted octanol–water partition coefficient (Wildman–Crippen LogP) is 5.19. The molecule has 1 unspecified atom stereocenters. The van der Waals surface area contributed by atoms with Crippen molar-refractivity contribution < 1.29 is 0 Å². The lowest BCUT2D eigenvalue weighted by Crippen LogP contribution is -2.20. The zero-order chi connectivity index (χ0) is 12.8. The molecule has 0 aromatic heterocycles. The second-order valence-corrected chi connectivity index (χ2v) is 6.20. The summed E-state index contributed by atoms with van der Waals surface area (Å²) in [7, 11) is 0. The first-order valence-electron chi connectivity index (χ1n) is 6.19. The summed E-state index contributed by atoms with van der Waals surface area (Å²) in [6.07, 6.45) is 2.49. The van der Waals surface area contributed by atoms with Crippen LogP contribution in [0.15, 0.2) is 22.7 Å². The van der Waals surface area contributed by atoms with Gasteiger partial charge >= 0.3 is 0 Å². The van der Waals surface area contributed by atoms with E-state index in [-0.39, 0.29) is 0 Å². The molecule has 0 saturated carbocycles. The summed E-state index contributed by atoms with van der Waals surface area (Å²) >= 11 is 9.64. The molecule has 96 valence electrons. The van der Waals surface area contributed by atoms with Gasteiger partial charge in [-0.2, -0.15) is 0 Å². The highest BCUT2D eigenvalue weighted by molar-refractivity contribution is 9.10. The van der Waals surface area contributed by atoms with Crippen LogP contribution in [0.4, 0.5) is 0 Å². The van der Waals surface area contributed by atoms with Gasteiger partial charge in [0, 0.05) is 15.5 Å². The van der Waals surface area contributed by atoms with Crippen LogP contribution in [0, 0.1) is 5.92 Å². The van der Waals surface area contributed by atoms with Crippen molar-refractivity contribution in [2.45, 2.75) is 39.7 Å². The fourth-order valence-electron chi connectivity index (χ4n) is 1.79. The summed E-state index contributed by atoms with van der Waals surface area (Å²) < 4.78 is 1.03. The Morgan fingerprint density at radius 3 is 2.59 bits per heavy atom. The Kier molecular flexibility index (Phi) is 6.53. The van der Waals surface area contributed by atoms with Gasteiger partial charge in [0.05, 0.1) is 0 Å². The Balaban J connectivity index is 2.44. The van der Waals surface area contributed by atoms with E-state index in [0.717, 1.165) is 22.0 Å². The van der Waals surface area contributed by atoms with Crippen molar-refractivity contribution in [1.82, 2.24) is 5.32 Å². The van der Waals surface area contributed by atoms with Crippen molar-refractivity contribution in [1.29, 1.82) is 0 Å². The molecule has 0 spiro atoms. The SMILES string of the molecule is CC(C)CCCNC(C)c1ccc(Br)cc1Cl. The van der Waals surface area contributed by atoms with E-state index in [9.17, 15) is 0 Å². The van der Waals surface area contributed by atoms with E-state index in [1.807, 2.05) is 12.1 Å². The minimum Gasteiger partial charge on any atom is -0.310 e. The molecule has 1 aromatic carbocycles. The second-order valence-electron chi connectivity index (χ2n) is 4.88. The molecule has 1 atom stereocenters. The molecule has 0 radical (unpaired) electrons. The Morgan fingerprint density at radius 1 is 1.29 bits per heavy atom. The minimum absolute atomic E-state index is 0.308. The van der Waals surface area contributed by atoms with Gasteiger partial charge in [-0.25, -0.2) is 0 Å². The highest BCUT2D eigenvalue weighted by Gasteiger charge is 2.09. The van der Waals surface area contributed by atoms with E-state index in [1.165, 1.54) is 18.4 Å². The van der Waals surface area contributed by atoms with Crippen LogP contribution in [0.2, 0.25) is 5.02 Å². The first kappa shape index (κ1) is 15.0. The first-order chi connectivity index (χ1) is 8.00. The topological polar surface area (TPSA) is 12.0 Å². The molecule has 0 aliphatic rings. The zero-order valence-electron chi connectivity index (χ0n) is 10.8. The molecule has 0 heterocycles. The Hall–Kier alpha value is -0.0500. The van der Waals surface area contributed by atoms with Crippen LogP contribution in [0.25, 0.3) is 0 Å². The Morgan fingerprint density at radius 2 is 2.00 bits per heavy atom. The molecule has 1 rings (SSSR count). The molecular weight excluding hydrogens is 298 g/mol. The van der Waals surface area contributed by atoms with Crippen molar-refractivity contribution in [2.75, 3.05) is 6.54 Å². The van der Waals surface area contributed by atoms with Crippen LogP contribution >= 0.6 is 27.5 Å². The predicted molar refractivity (Wildman–Crippen MR) is 79.6 cm³/mol. The van der Waals surface area contributed by atoms with E-state index < -0.39 is 0 Å². The van der Waals surface area contributed by atoms with Gasteiger partial charge < -0.3 is 5.32 Å². The van der Waals surface area contributed by atoms with Crippen LogP contribution in [-0.2, 0) is 0 Å². The molecular formula is C14H21BrClN. The lowest BCUT2D eigenvalue weighted by molar-refractivity contribution is 0.497. The summed E-state index contributed by atoms with van der Waals surface area (Å²) in [5.41, 5.74) is 1.17. The van der Waals surface area contributed by atoms with Gasteiger partial charge in [0.1, 0.15) is 0 Å². The van der Waals surface area contributed by atoms with E-state index in [0.29, 0.717) is 6.04 Å². The van der Waals surface area contributed by atoms with Gasteiger partial charge in [0.15, 0.2) is 0 Å². The molecule has 3 heteroatoms. The van der Waals surface area contributed by atoms with Gasteiger partial charge in [-0.15, -0.1) is 0 Å². The molecule has 0 amide bonds. The molecule has 17 heavy (non-hydrogen) atoms. The molecule has 0 fully saturated rings. The summed E-state index contributed by atoms with van der Waals surface area (Å²) in [6, 6.07) is 6.37. The normalized spacial score (nSPS) is 13.1. The third kappa shape index (κ3) is 5.41. The summed E-state index contributed by atoms with van der Waals surface area (Å²) in [5, 5.41) is 4.34. The van der Waals surface area contributed by atoms with Crippen LogP contribution in [-0.4, -0.2) is 6.54 Å². The third-order valence-corrected chi connectivity index (χ3v) is 3.66. The average molecular weight is 319 g/mol. The molecule has 0 aliphatic heterocycles. The number of benzene rings is 1. The van der Waals surface area contributed by atoms with Gasteiger partial charge in [0.25, 0.3) is 0 Å². The minimum atomic E-state index is 0.308. The highest BCUT2D eigenvalue weighted by atomic mass is 79.9. The summed E-state index contributed by atoms with van der Waals surface area (Å²) in [6.45, 7) is 7.72. The van der Waals surface area contributed by atoms with Crippen molar-refractivity contribution in [2.24, 2.45) is 5.92 Å². The van der Waals surface area contributed by atoms with E-state index in [1.54, 1.807) is 0 Å². The fourth-order valence-corrected chi connectivity index (χ4v) is 2.63. The quantitative estimate of drug-likeness (QED) is 0.712. The van der Waals surface area contributed by atoms with Crippen molar-refractivity contribution in [3.63, 3.8) is 0 Å². The van der Waals surface area contributed by atoms with Crippen LogP contribution in [0.3, 0.4) is 0 Å². The Bertz CT molecular complexity index is 352. The van der Waals surface area contributed by atoms with Crippen LogP contribution < -0.4 is 5.32 Å². The van der Waals surface area contributed by atoms with E-state index in [2.05, 4.69) is 48.1 Å². The number of hydrogen-bond donors (Lipinski definition) is 1.